The van der Waals surface area contributed by atoms with Gasteiger partial charge in [-0.2, -0.15) is 0 Å². The number of aromatic nitrogens is 2. The van der Waals surface area contributed by atoms with Crippen LogP contribution < -0.4 is 0 Å². The standard InChI is InChI=1S/C30H19BrN2/c31-20-9-8-12-22(19-20)32-27-16-7-5-14-25(27)29-28(32)18-17-24-23-13-4-6-15-26(23)33(30(24)29)21-10-2-1-3-11-21/h1-19H/i1D,2D,3D,4D,5D,6D,7D,10D,11D,13D,14D,15D,16D,17D,18D. The van der Waals surface area contributed by atoms with E-state index in [4.69, 9.17) is 17.8 Å². The molecule has 0 spiro atoms. The van der Waals surface area contributed by atoms with E-state index in [0.29, 0.717) is 10.2 Å². The number of rotatable bonds is 2. The molecule has 0 atom stereocenters. The van der Waals surface area contributed by atoms with Crippen molar-refractivity contribution in [3.05, 3.63) is 119 Å². The summed E-state index contributed by atoms with van der Waals surface area (Å²) in [7, 11) is 0. The normalized spacial score (nSPS) is 18.2. The maximum absolute atomic E-state index is 9.29. The summed E-state index contributed by atoms with van der Waals surface area (Å²) in [5.74, 6) is 0. The van der Waals surface area contributed by atoms with Gasteiger partial charge in [-0.3, -0.25) is 0 Å². The van der Waals surface area contributed by atoms with Crippen LogP contribution in [0.15, 0.2) is 119 Å². The fourth-order valence-corrected chi connectivity index (χ4v) is 4.66. The minimum Gasteiger partial charge on any atom is -0.309 e. The van der Waals surface area contributed by atoms with E-state index in [0.717, 1.165) is 4.57 Å². The van der Waals surface area contributed by atoms with Crippen molar-refractivity contribution in [2.75, 3.05) is 0 Å². The Bertz CT molecular complexity index is 2610. The number of benzene rings is 5. The first kappa shape index (κ1) is 9.20. The molecule has 2 nitrogen and oxygen atoms in total. The first-order valence-corrected chi connectivity index (χ1v) is 10.6. The monoisotopic (exact) mass is 501 g/mol. The minimum atomic E-state index is -0.736. The van der Waals surface area contributed by atoms with Gasteiger partial charge in [0.15, 0.2) is 0 Å². The molecule has 2 heterocycles. The molecule has 0 fully saturated rings. The second-order valence-electron chi connectivity index (χ2n) is 7.27. The van der Waals surface area contributed by atoms with Crippen LogP contribution in [0.4, 0.5) is 0 Å². The third-order valence-electron chi connectivity index (χ3n) is 5.52. The van der Waals surface area contributed by atoms with E-state index < -0.39 is 96.3 Å². The lowest BCUT2D eigenvalue weighted by Gasteiger charge is -2.10. The second-order valence-corrected chi connectivity index (χ2v) is 8.18. The number of nitrogens with zero attached hydrogens (tertiary/aromatic N) is 2. The van der Waals surface area contributed by atoms with Crippen LogP contribution in [-0.4, -0.2) is 9.13 Å². The summed E-state index contributed by atoms with van der Waals surface area (Å²) >= 11 is 3.42. The molecule has 0 bridgehead atoms. The maximum atomic E-state index is 9.29. The van der Waals surface area contributed by atoms with E-state index in [9.17, 15) is 2.74 Å². The first-order valence-electron chi connectivity index (χ1n) is 17.4. The summed E-state index contributed by atoms with van der Waals surface area (Å²) in [4.78, 5) is 0. The molecule has 33 heavy (non-hydrogen) atoms. The van der Waals surface area contributed by atoms with Gasteiger partial charge in [-0.15, -0.1) is 0 Å². The van der Waals surface area contributed by atoms with Crippen LogP contribution in [0.3, 0.4) is 0 Å². The van der Waals surface area contributed by atoms with E-state index in [1.54, 1.807) is 24.3 Å². The Morgan fingerprint density at radius 1 is 0.576 bits per heavy atom. The molecule has 0 aliphatic heterocycles. The van der Waals surface area contributed by atoms with Gasteiger partial charge in [-0.1, -0.05) is 82.4 Å². The molecule has 0 aliphatic rings. The summed E-state index contributed by atoms with van der Waals surface area (Å²) in [6.07, 6.45) is 0. The van der Waals surface area contributed by atoms with Crippen molar-refractivity contribution in [2.24, 2.45) is 0 Å². The van der Waals surface area contributed by atoms with Crippen LogP contribution >= 0.6 is 15.9 Å². The Morgan fingerprint density at radius 3 is 2.06 bits per heavy atom. The van der Waals surface area contributed by atoms with Crippen molar-refractivity contribution in [3.63, 3.8) is 0 Å². The molecular formula is C30H19BrN2. The van der Waals surface area contributed by atoms with Gasteiger partial charge in [-0.25, -0.2) is 0 Å². The Kier molecular flexibility index (Phi) is 1.98. The summed E-state index contributed by atoms with van der Waals surface area (Å²) in [6, 6.07) is -2.80. The predicted octanol–water partition coefficient (Wildman–Crippen LogP) is 8.64. The summed E-state index contributed by atoms with van der Waals surface area (Å²) in [5, 5.41) is -0.677. The number of hydrogen-bond donors (Lipinski definition) is 0. The molecule has 7 rings (SSSR count). The average Bonchev–Trinajstić information content (AvgIpc) is 3.60. The smallest absolute Gasteiger partial charge is 0.0645 e. The highest BCUT2D eigenvalue weighted by Crippen LogP contribution is 2.41. The lowest BCUT2D eigenvalue weighted by Crippen LogP contribution is -1.95. The van der Waals surface area contributed by atoms with Gasteiger partial charge in [0.2, 0.25) is 0 Å². The van der Waals surface area contributed by atoms with Gasteiger partial charge >= 0.3 is 0 Å². The van der Waals surface area contributed by atoms with Gasteiger partial charge in [0.05, 0.1) is 42.6 Å². The Hall–Kier alpha value is -3.82. The van der Waals surface area contributed by atoms with Crippen molar-refractivity contribution in [1.29, 1.82) is 0 Å². The number of fused-ring (bicyclic) bond motifs is 7. The zero-order chi connectivity index (χ0) is 35.0. The van der Waals surface area contributed by atoms with E-state index in [1.807, 2.05) is 0 Å². The molecular weight excluding hydrogens is 468 g/mol. The Labute approximate surface area is 220 Å². The second kappa shape index (κ2) is 7.09. The fourth-order valence-electron chi connectivity index (χ4n) is 4.27. The molecule has 0 saturated carbocycles. The number of halogens is 1. The summed E-state index contributed by atoms with van der Waals surface area (Å²) in [6.45, 7) is 0. The van der Waals surface area contributed by atoms with Crippen LogP contribution in [0.5, 0.6) is 0 Å². The molecule has 0 N–H and O–H groups in total. The van der Waals surface area contributed by atoms with Gasteiger partial charge in [-0.05, 0) is 48.4 Å². The van der Waals surface area contributed by atoms with Crippen LogP contribution in [0, 0.1) is 0 Å². The molecule has 0 amide bonds. The fraction of sp³-hybridized carbons (Fsp3) is 0. The average molecular weight is 502 g/mol. The number of para-hydroxylation sites is 3. The summed E-state index contributed by atoms with van der Waals surface area (Å²) < 4.78 is 134. The lowest BCUT2D eigenvalue weighted by molar-refractivity contribution is 1.17. The molecule has 2 aromatic heterocycles. The number of hydrogen-bond acceptors (Lipinski definition) is 0. The quantitative estimate of drug-likeness (QED) is 0.224. The topological polar surface area (TPSA) is 9.86 Å². The minimum absolute atomic E-state index is 0.0761. The maximum Gasteiger partial charge on any atom is 0.0645 e. The lowest BCUT2D eigenvalue weighted by atomic mass is 10.1. The summed E-state index contributed by atoms with van der Waals surface area (Å²) in [5.41, 5.74) is -0.842. The van der Waals surface area contributed by atoms with Crippen LogP contribution in [0.1, 0.15) is 20.6 Å². The van der Waals surface area contributed by atoms with Gasteiger partial charge in [0.1, 0.15) is 0 Å². The van der Waals surface area contributed by atoms with Crippen LogP contribution in [-0.2, 0) is 0 Å². The van der Waals surface area contributed by atoms with E-state index in [2.05, 4.69) is 15.9 Å². The van der Waals surface area contributed by atoms with Crippen molar-refractivity contribution >= 4 is 59.5 Å². The van der Waals surface area contributed by atoms with Crippen molar-refractivity contribution in [3.8, 4) is 11.4 Å². The van der Waals surface area contributed by atoms with Crippen LogP contribution in [0.25, 0.3) is 55.0 Å². The van der Waals surface area contributed by atoms with Crippen molar-refractivity contribution in [1.82, 2.24) is 9.13 Å². The zero-order valence-corrected chi connectivity index (χ0v) is 18.2. The molecule has 3 heteroatoms. The highest BCUT2D eigenvalue weighted by atomic mass is 79.9. The zero-order valence-electron chi connectivity index (χ0n) is 31.6. The molecule has 0 aliphatic carbocycles. The Balaban J connectivity index is 1.97. The highest BCUT2D eigenvalue weighted by Gasteiger charge is 2.20. The first-order chi connectivity index (χ1) is 22.5. The third-order valence-corrected chi connectivity index (χ3v) is 6.02. The molecule has 5 aromatic carbocycles. The van der Waals surface area contributed by atoms with E-state index in [-0.39, 0.29) is 43.6 Å². The van der Waals surface area contributed by atoms with Gasteiger partial charge < -0.3 is 9.13 Å². The SMILES string of the molecule is [2H]c1c([2H])c([2H])c(-n2c3c([2H])c([2H])c([2H])c([2H])c3c3c([2H])c([2H])c4c(c5c([2H])c([2H])c([2H])c([2H])c5n4-c4cccc(Br)c4)c32)c([2H])c1[2H]. The molecule has 0 radical (unpaired) electrons. The molecule has 7 aromatic rings. The Morgan fingerprint density at radius 2 is 1.27 bits per heavy atom. The van der Waals surface area contributed by atoms with Crippen molar-refractivity contribution in [2.45, 2.75) is 0 Å². The van der Waals surface area contributed by atoms with Crippen LogP contribution in [0.2, 0.25) is 0 Å². The van der Waals surface area contributed by atoms with E-state index >= 15 is 0 Å². The van der Waals surface area contributed by atoms with Crippen molar-refractivity contribution < 1.29 is 20.6 Å². The molecule has 0 unspecified atom stereocenters. The third kappa shape index (κ3) is 2.66. The predicted molar refractivity (Wildman–Crippen MR) is 143 cm³/mol. The highest BCUT2D eigenvalue weighted by molar-refractivity contribution is 9.10. The van der Waals surface area contributed by atoms with Gasteiger partial charge in [0.25, 0.3) is 0 Å². The molecule has 0 saturated heterocycles. The van der Waals surface area contributed by atoms with Gasteiger partial charge in [0, 0.05) is 37.4 Å². The largest absolute Gasteiger partial charge is 0.309 e. The van der Waals surface area contributed by atoms with E-state index in [1.165, 1.54) is 4.57 Å². The molecule has 156 valence electrons.